The van der Waals surface area contributed by atoms with Crippen molar-refractivity contribution in [1.82, 2.24) is 4.90 Å². The lowest BCUT2D eigenvalue weighted by molar-refractivity contribution is 0.124. The van der Waals surface area contributed by atoms with Crippen LogP contribution >= 0.6 is 0 Å². The summed E-state index contributed by atoms with van der Waals surface area (Å²) in [5.74, 6) is 1.97. The fraction of sp³-hybridized carbons (Fsp3) is 0.733. The van der Waals surface area contributed by atoms with Gasteiger partial charge in [-0.15, -0.1) is 0 Å². The van der Waals surface area contributed by atoms with Gasteiger partial charge in [0.2, 0.25) is 0 Å². The van der Waals surface area contributed by atoms with Gasteiger partial charge in [-0.2, -0.15) is 0 Å². The predicted molar refractivity (Wildman–Crippen MR) is 76.6 cm³/mol. The fourth-order valence-corrected chi connectivity index (χ4v) is 2.31. The summed E-state index contributed by atoms with van der Waals surface area (Å²) in [4.78, 5) is 2.49. The van der Waals surface area contributed by atoms with E-state index in [1.54, 1.807) is 0 Å². The number of hydrogen-bond donors (Lipinski definition) is 1. The molecule has 2 N–H and O–H groups in total. The van der Waals surface area contributed by atoms with Crippen molar-refractivity contribution in [1.29, 1.82) is 0 Å². The van der Waals surface area contributed by atoms with Gasteiger partial charge in [-0.3, -0.25) is 4.90 Å². The summed E-state index contributed by atoms with van der Waals surface area (Å²) in [5, 5.41) is 0. The lowest BCUT2D eigenvalue weighted by Crippen LogP contribution is -2.40. The predicted octanol–water partition coefficient (Wildman–Crippen LogP) is 3.49. The van der Waals surface area contributed by atoms with Crippen LogP contribution in [0, 0.1) is 6.92 Å². The maximum absolute atomic E-state index is 5.98. The highest BCUT2D eigenvalue weighted by atomic mass is 16.3. The molecule has 0 radical (unpaired) electrons. The van der Waals surface area contributed by atoms with Gasteiger partial charge in [0, 0.05) is 12.6 Å². The first-order chi connectivity index (χ1) is 8.63. The average molecular weight is 252 g/mol. The highest BCUT2D eigenvalue weighted by molar-refractivity contribution is 5.10. The molecule has 1 aromatic rings. The Hall–Kier alpha value is -0.800. The minimum atomic E-state index is 0.209. The van der Waals surface area contributed by atoms with E-state index < -0.39 is 0 Å². The van der Waals surface area contributed by atoms with E-state index in [0.29, 0.717) is 12.6 Å². The molecule has 2 atom stereocenters. The molecule has 0 spiro atoms. The van der Waals surface area contributed by atoms with Crippen LogP contribution in [0.1, 0.15) is 57.6 Å². The molecular weight excluding hydrogens is 224 g/mol. The van der Waals surface area contributed by atoms with Crippen LogP contribution in [0.3, 0.4) is 0 Å². The summed E-state index contributed by atoms with van der Waals surface area (Å²) in [6, 6.07) is 4.83. The quantitative estimate of drug-likeness (QED) is 0.770. The number of unbranched alkanes of at least 4 members (excludes halogenated alkanes) is 1. The molecule has 3 heteroatoms. The second-order valence-electron chi connectivity index (χ2n) is 5.05. The molecule has 104 valence electrons. The second kappa shape index (κ2) is 7.59. The lowest BCUT2D eigenvalue weighted by atomic mass is 10.1. The van der Waals surface area contributed by atoms with Gasteiger partial charge in [-0.25, -0.2) is 0 Å². The zero-order valence-corrected chi connectivity index (χ0v) is 12.3. The van der Waals surface area contributed by atoms with E-state index in [2.05, 4.69) is 31.7 Å². The summed E-state index contributed by atoms with van der Waals surface area (Å²) >= 11 is 0. The Kier molecular flexibility index (Phi) is 6.44. The second-order valence-corrected chi connectivity index (χ2v) is 5.05. The number of hydrogen-bond acceptors (Lipinski definition) is 3. The van der Waals surface area contributed by atoms with Crippen molar-refractivity contribution < 1.29 is 4.42 Å². The van der Waals surface area contributed by atoms with E-state index in [4.69, 9.17) is 10.2 Å². The Morgan fingerprint density at radius 3 is 2.50 bits per heavy atom. The molecule has 0 amide bonds. The average Bonchev–Trinajstić information content (AvgIpc) is 2.80. The number of furan rings is 1. The third kappa shape index (κ3) is 3.85. The minimum absolute atomic E-state index is 0.209. The third-order valence-electron chi connectivity index (χ3n) is 3.64. The summed E-state index contributed by atoms with van der Waals surface area (Å²) in [6.07, 6.45) is 3.56. The van der Waals surface area contributed by atoms with Crippen molar-refractivity contribution >= 4 is 0 Å². The molecule has 0 aliphatic rings. The highest BCUT2D eigenvalue weighted by Crippen LogP contribution is 2.25. The van der Waals surface area contributed by atoms with E-state index in [1.165, 1.54) is 12.8 Å². The summed E-state index contributed by atoms with van der Waals surface area (Å²) in [7, 11) is 0. The molecule has 0 aromatic carbocycles. The van der Waals surface area contributed by atoms with E-state index in [1.807, 2.05) is 13.0 Å². The van der Waals surface area contributed by atoms with Gasteiger partial charge in [0.15, 0.2) is 0 Å². The normalized spacial score (nSPS) is 15.0. The van der Waals surface area contributed by atoms with E-state index in [9.17, 15) is 0 Å². The van der Waals surface area contributed by atoms with Crippen molar-refractivity contribution in [2.24, 2.45) is 5.73 Å². The Bertz CT molecular complexity index is 335. The first-order valence-corrected chi connectivity index (χ1v) is 7.16. The Balaban J connectivity index is 2.85. The number of nitrogens with two attached hydrogens (primary N) is 1. The SMILES string of the molecule is CCCCN(C(C)CC)C(CN)c1ccc(C)o1. The summed E-state index contributed by atoms with van der Waals surface area (Å²) in [5.41, 5.74) is 5.98. The van der Waals surface area contributed by atoms with Crippen molar-refractivity contribution in [2.45, 2.75) is 59.0 Å². The van der Waals surface area contributed by atoms with Gasteiger partial charge >= 0.3 is 0 Å². The highest BCUT2D eigenvalue weighted by Gasteiger charge is 2.24. The molecule has 0 fully saturated rings. The van der Waals surface area contributed by atoms with Crippen LogP contribution in [0.5, 0.6) is 0 Å². The van der Waals surface area contributed by atoms with Gasteiger partial charge in [-0.05, 0) is 45.4 Å². The molecular formula is C15H28N2O. The zero-order valence-electron chi connectivity index (χ0n) is 12.3. The topological polar surface area (TPSA) is 42.4 Å². The van der Waals surface area contributed by atoms with Gasteiger partial charge in [-0.1, -0.05) is 20.3 Å². The largest absolute Gasteiger partial charge is 0.465 e. The fourth-order valence-electron chi connectivity index (χ4n) is 2.31. The number of rotatable bonds is 8. The first-order valence-electron chi connectivity index (χ1n) is 7.16. The maximum atomic E-state index is 5.98. The van der Waals surface area contributed by atoms with Crippen molar-refractivity contribution in [3.05, 3.63) is 23.7 Å². The van der Waals surface area contributed by atoms with E-state index in [-0.39, 0.29) is 6.04 Å². The van der Waals surface area contributed by atoms with Gasteiger partial charge in [0.05, 0.1) is 6.04 Å². The molecule has 0 bridgehead atoms. The van der Waals surface area contributed by atoms with Gasteiger partial charge < -0.3 is 10.2 Å². The molecule has 1 rings (SSSR count). The van der Waals surface area contributed by atoms with Crippen molar-refractivity contribution in [3.8, 4) is 0 Å². The standard InChI is InChI=1S/C15H28N2O/c1-5-7-10-17(12(3)6-2)14(11-16)15-9-8-13(4)18-15/h8-9,12,14H,5-7,10-11,16H2,1-4H3. The van der Waals surface area contributed by atoms with Crippen LogP contribution in [0.25, 0.3) is 0 Å². The van der Waals surface area contributed by atoms with Crippen molar-refractivity contribution in [3.63, 3.8) is 0 Å². The molecule has 18 heavy (non-hydrogen) atoms. The molecule has 1 heterocycles. The van der Waals surface area contributed by atoms with E-state index in [0.717, 1.165) is 24.5 Å². The van der Waals surface area contributed by atoms with E-state index >= 15 is 0 Å². The maximum Gasteiger partial charge on any atom is 0.122 e. The molecule has 0 saturated heterocycles. The monoisotopic (exact) mass is 252 g/mol. The van der Waals surface area contributed by atoms with Crippen LogP contribution in [0.4, 0.5) is 0 Å². The first kappa shape index (κ1) is 15.3. The zero-order chi connectivity index (χ0) is 13.5. The molecule has 3 nitrogen and oxygen atoms in total. The third-order valence-corrected chi connectivity index (χ3v) is 3.64. The lowest BCUT2D eigenvalue weighted by Gasteiger charge is -2.34. The molecule has 1 aromatic heterocycles. The van der Waals surface area contributed by atoms with Crippen molar-refractivity contribution in [2.75, 3.05) is 13.1 Å². The molecule has 2 unspecified atom stereocenters. The van der Waals surface area contributed by atoms with Crippen LogP contribution in [0.15, 0.2) is 16.5 Å². The number of nitrogens with zero attached hydrogens (tertiary/aromatic N) is 1. The summed E-state index contributed by atoms with van der Waals surface area (Å²) < 4.78 is 5.77. The molecule has 0 saturated carbocycles. The van der Waals surface area contributed by atoms with Gasteiger partial charge in [0.1, 0.15) is 11.5 Å². The Morgan fingerprint density at radius 1 is 1.33 bits per heavy atom. The van der Waals surface area contributed by atoms with Crippen LogP contribution < -0.4 is 5.73 Å². The molecule has 0 aliphatic heterocycles. The van der Waals surface area contributed by atoms with Gasteiger partial charge in [0.25, 0.3) is 0 Å². The van der Waals surface area contributed by atoms with Crippen LogP contribution in [0.2, 0.25) is 0 Å². The smallest absolute Gasteiger partial charge is 0.122 e. The summed E-state index contributed by atoms with van der Waals surface area (Å²) in [6.45, 7) is 10.4. The number of aryl methyl sites for hydroxylation is 1. The van der Waals surface area contributed by atoms with Crippen LogP contribution in [-0.4, -0.2) is 24.0 Å². The minimum Gasteiger partial charge on any atom is -0.465 e. The molecule has 0 aliphatic carbocycles. The Labute approximate surface area is 111 Å². The Morgan fingerprint density at radius 2 is 2.06 bits per heavy atom. The van der Waals surface area contributed by atoms with Crippen LogP contribution in [-0.2, 0) is 0 Å².